The van der Waals surface area contributed by atoms with Gasteiger partial charge in [0.15, 0.2) is 0 Å². The number of aromatic nitrogens is 1. The van der Waals surface area contributed by atoms with Crippen LogP contribution < -0.4 is 11.3 Å². The second-order valence-electron chi connectivity index (χ2n) is 4.88. The number of aryl methyl sites for hydroxylation is 1. The highest BCUT2D eigenvalue weighted by Gasteiger charge is 2.13. The minimum atomic E-state index is -0.215. The lowest BCUT2D eigenvalue weighted by atomic mass is 10.1. The molecule has 0 amide bonds. The minimum absolute atomic E-state index is 0.215. The van der Waals surface area contributed by atoms with Crippen molar-refractivity contribution in [3.8, 4) is 11.8 Å². The second kappa shape index (κ2) is 4.80. The zero-order valence-electron chi connectivity index (χ0n) is 11.5. The fourth-order valence-corrected chi connectivity index (χ4v) is 2.51. The zero-order chi connectivity index (χ0) is 15.0. The highest BCUT2D eigenvalue weighted by Crippen LogP contribution is 2.21. The van der Waals surface area contributed by atoms with Crippen molar-refractivity contribution in [2.24, 2.45) is 0 Å². The highest BCUT2D eigenvalue weighted by molar-refractivity contribution is 5.84. The number of anilines is 1. The lowest BCUT2D eigenvalue weighted by Crippen LogP contribution is -2.22. The number of hydrogen-bond acceptors (Lipinski definition) is 3. The van der Waals surface area contributed by atoms with Crippen LogP contribution in [-0.2, 0) is 0 Å². The van der Waals surface area contributed by atoms with Gasteiger partial charge >= 0.3 is 0 Å². The van der Waals surface area contributed by atoms with Gasteiger partial charge in [-0.3, -0.25) is 9.36 Å². The summed E-state index contributed by atoms with van der Waals surface area (Å²) < 4.78 is 1.40. The SMILES string of the molecule is Cc1cccc(-n2c(N)cc3ccccc3c2=O)c1C#N. The van der Waals surface area contributed by atoms with Crippen LogP contribution in [0.3, 0.4) is 0 Å². The Balaban J connectivity index is 2.45. The molecule has 0 radical (unpaired) electrons. The van der Waals surface area contributed by atoms with Crippen molar-refractivity contribution in [3.05, 3.63) is 70.0 Å². The Bertz CT molecular complexity index is 948. The Hall–Kier alpha value is -3.06. The normalized spacial score (nSPS) is 10.5. The maximum Gasteiger partial charge on any atom is 0.264 e. The summed E-state index contributed by atoms with van der Waals surface area (Å²) in [6, 6.07) is 16.6. The van der Waals surface area contributed by atoms with E-state index in [1.165, 1.54) is 4.57 Å². The third-order valence-electron chi connectivity index (χ3n) is 3.56. The smallest absolute Gasteiger partial charge is 0.264 e. The van der Waals surface area contributed by atoms with Crippen LogP contribution in [0.4, 0.5) is 5.82 Å². The van der Waals surface area contributed by atoms with E-state index in [1.807, 2.05) is 37.3 Å². The predicted octanol–water partition coefficient (Wildman–Crippen LogP) is 2.75. The maximum atomic E-state index is 12.7. The van der Waals surface area contributed by atoms with E-state index in [1.54, 1.807) is 18.2 Å². The number of nitrogens with zero attached hydrogens (tertiary/aromatic N) is 2. The summed E-state index contributed by atoms with van der Waals surface area (Å²) >= 11 is 0. The quantitative estimate of drug-likeness (QED) is 0.742. The van der Waals surface area contributed by atoms with Crippen LogP contribution in [-0.4, -0.2) is 4.57 Å². The molecule has 0 unspecified atom stereocenters. The summed E-state index contributed by atoms with van der Waals surface area (Å²) in [5.74, 6) is 0.320. The summed E-state index contributed by atoms with van der Waals surface area (Å²) in [5.41, 5.74) is 7.62. The van der Waals surface area contributed by atoms with Gasteiger partial charge < -0.3 is 5.73 Å². The van der Waals surface area contributed by atoms with Crippen molar-refractivity contribution in [2.45, 2.75) is 6.92 Å². The Morgan fingerprint density at radius 1 is 1.14 bits per heavy atom. The summed E-state index contributed by atoms with van der Waals surface area (Å²) in [4.78, 5) is 12.7. The van der Waals surface area contributed by atoms with E-state index in [0.29, 0.717) is 22.5 Å². The molecule has 0 aliphatic rings. The zero-order valence-corrected chi connectivity index (χ0v) is 11.5. The van der Waals surface area contributed by atoms with E-state index < -0.39 is 0 Å². The number of nitriles is 1. The summed E-state index contributed by atoms with van der Waals surface area (Å²) in [7, 11) is 0. The predicted molar refractivity (Wildman–Crippen MR) is 83.4 cm³/mol. The lowest BCUT2D eigenvalue weighted by Gasteiger charge is -2.13. The first-order valence-electron chi connectivity index (χ1n) is 6.54. The van der Waals surface area contributed by atoms with Crippen LogP contribution in [0.25, 0.3) is 16.5 Å². The molecule has 3 aromatic rings. The fraction of sp³-hybridized carbons (Fsp3) is 0.0588. The van der Waals surface area contributed by atoms with Gasteiger partial charge in [0.25, 0.3) is 5.56 Å². The number of pyridine rings is 1. The molecular weight excluding hydrogens is 262 g/mol. The van der Waals surface area contributed by atoms with Gasteiger partial charge in [-0.05, 0) is 36.1 Å². The topological polar surface area (TPSA) is 71.8 Å². The van der Waals surface area contributed by atoms with Crippen LogP contribution in [0.1, 0.15) is 11.1 Å². The molecule has 0 saturated carbocycles. The van der Waals surface area contributed by atoms with E-state index in [0.717, 1.165) is 10.9 Å². The van der Waals surface area contributed by atoms with Gasteiger partial charge in [0, 0.05) is 5.39 Å². The van der Waals surface area contributed by atoms with Gasteiger partial charge in [-0.1, -0.05) is 30.3 Å². The van der Waals surface area contributed by atoms with Crippen LogP contribution in [0.5, 0.6) is 0 Å². The van der Waals surface area contributed by atoms with Crippen molar-refractivity contribution < 1.29 is 0 Å². The highest BCUT2D eigenvalue weighted by atomic mass is 16.1. The first-order chi connectivity index (χ1) is 10.1. The van der Waals surface area contributed by atoms with Crippen molar-refractivity contribution in [2.75, 3.05) is 5.73 Å². The van der Waals surface area contributed by atoms with Crippen LogP contribution in [0, 0.1) is 18.3 Å². The molecule has 0 aliphatic carbocycles. The minimum Gasteiger partial charge on any atom is -0.385 e. The molecular formula is C17H13N3O. The van der Waals surface area contributed by atoms with Crippen LogP contribution >= 0.6 is 0 Å². The largest absolute Gasteiger partial charge is 0.385 e. The molecule has 0 fully saturated rings. The maximum absolute atomic E-state index is 12.7. The molecule has 2 N–H and O–H groups in total. The van der Waals surface area contributed by atoms with E-state index >= 15 is 0 Å². The van der Waals surface area contributed by atoms with Gasteiger partial charge in [-0.2, -0.15) is 5.26 Å². The average Bonchev–Trinajstić information content (AvgIpc) is 2.47. The fourth-order valence-electron chi connectivity index (χ4n) is 2.51. The van der Waals surface area contributed by atoms with Crippen molar-refractivity contribution >= 4 is 16.6 Å². The Morgan fingerprint density at radius 3 is 2.67 bits per heavy atom. The second-order valence-corrected chi connectivity index (χ2v) is 4.88. The molecule has 0 spiro atoms. The number of nitrogens with two attached hydrogens (primary N) is 1. The van der Waals surface area contributed by atoms with Gasteiger partial charge in [0.05, 0.1) is 11.3 Å². The number of nitrogen functional groups attached to an aromatic ring is 1. The first kappa shape index (κ1) is 12.9. The molecule has 3 rings (SSSR count). The molecule has 2 aromatic carbocycles. The van der Waals surface area contributed by atoms with Crippen molar-refractivity contribution in [1.82, 2.24) is 4.57 Å². The molecule has 0 bridgehead atoms. The summed E-state index contributed by atoms with van der Waals surface area (Å²) in [6.07, 6.45) is 0. The van der Waals surface area contributed by atoms with Crippen LogP contribution in [0.2, 0.25) is 0 Å². The molecule has 1 aromatic heterocycles. The molecule has 0 saturated heterocycles. The Morgan fingerprint density at radius 2 is 1.90 bits per heavy atom. The summed E-state index contributed by atoms with van der Waals surface area (Å²) in [5, 5.41) is 10.7. The van der Waals surface area contributed by atoms with Crippen molar-refractivity contribution in [3.63, 3.8) is 0 Å². The van der Waals surface area contributed by atoms with Gasteiger partial charge in [-0.15, -0.1) is 0 Å². The van der Waals surface area contributed by atoms with E-state index in [4.69, 9.17) is 5.73 Å². The average molecular weight is 275 g/mol. The number of benzene rings is 2. The standard InChI is InChI=1S/C17H13N3O/c1-11-5-4-8-15(14(11)10-18)20-16(19)9-12-6-2-3-7-13(12)17(20)21/h2-9H,19H2,1H3. The third-order valence-corrected chi connectivity index (χ3v) is 3.56. The number of fused-ring (bicyclic) bond motifs is 1. The van der Waals surface area contributed by atoms with Gasteiger partial charge in [0.1, 0.15) is 11.9 Å². The third kappa shape index (κ3) is 1.96. The molecule has 1 heterocycles. The molecule has 4 heteroatoms. The molecule has 0 aliphatic heterocycles. The number of rotatable bonds is 1. The van der Waals surface area contributed by atoms with Crippen molar-refractivity contribution in [1.29, 1.82) is 5.26 Å². The molecule has 4 nitrogen and oxygen atoms in total. The van der Waals surface area contributed by atoms with Gasteiger partial charge in [-0.25, -0.2) is 0 Å². The lowest BCUT2D eigenvalue weighted by molar-refractivity contribution is 1.01. The van der Waals surface area contributed by atoms with E-state index in [9.17, 15) is 10.1 Å². The number of hydrogen-bond donors (Lipinski definition) is 1. The van der Waals surface area contributed by atoms with E-state index in [2.05, 4.69) is 6.07 Å². The Kier molecular flexibility index (Phi) is 2.96. The molecule has 102 valence electrons. The van der Waals surface area contributed by atoms with Crippen LogP contribution in [0.15, 0.2) is 53.3 Å². The Labute approximate surface area is 121 Å². The molecule has 21 heavy (non-hydrogen) atoms. The van der Waals surface area contributed by atoms with E-state index in [-0.39, 0.29) is 5.56 Å². The molecule has 0 atom stereocenters. The van der Waals surface area contributed by atoms with Gasteiger partial charge in [0.2, 0.25) is 0 Å². The first-order valence-corrected chi connectivity index (χ1v) is 6.54. The summed E-state index contributed by atoms with van der Waals surface area (Å²) in [6.45, 7) is 1.84. The monoisotopic (exact) mass is 275 g/mol.